The van der Waals surface area contributed by atoms with E-state index in [2.05, 4.69) is 36.0 Å². The van der Waals surface area contributed by atoms with Gasteiger partial charge in [-0.15, -0.1) is 0 Å². The highest BCUT2D eigenvalue weighted by Gasteiger charge is 2.18. The minimum absolute atomic E-state index is 0.0813. The lowest BCUT2D eigenvalue weighted by Crippen LogP contribution is -2.14. The summed E-state index contributed by atoms with van der Waals surface area (Å²) in [7, 11) is 1.46. The van der Waals surface area contributed by atoms with Gasteiger partial charge < -0.3 is 4.74 Å². The summed E-state index contributed by atoms with van der Waals surface area (Å²) in [4.78, 5) is 11.0. The third-order valence-electron chi connectivity index (χ3n) is 4.39. The first kappa shape index (κ1) is 18.0. The predicted octanol–water partition coefficient (Wildman–Crippen LogP) is 5.44. The van der Waals surface area contributed by atoms with Crippen LogP contribution in [0.15, 0.2) is 24.3 Å². The average molecular weight is 292 g/mol. The summed E-state index contributed by atoms with van der Waals surface area (Å²) in [5, 5.41) is 0. The lowest BCUT2D eigenvalue weighted by atomic mass is 9.80. The van der Waals surface area contributed by atoms with Crippen molar-refractivity contribution in [1.82, 2.24) is 0 Å². The highest BCUT2D eigenvalue weighted by atomic mass is 16.5. The highest BCUT2D eigenvalue weighted by molar-refractivity contribution is 5.68. The fourth-order valence-electron chi connectivity index (χ4n) is 3.09. The van der Waals surface area contributed by atoms with E-state index in [1.54, 1.807) is 0 Å². The first-order chi connectivity index (χ1) is 10.3. The van der Waals surface area contributed by atoms with Crippen LogP contribution < -0.4 is 0 Å². The fourth-order valence-corrected chi connectivity index (χ4v) is 3.09. The Labute approximate surface area is 130 Å². The lowest BCUT2D eigenvalue weighted by Gasteiger charge is -2.25. The molecule has 2 atom stereocenters. The quantitative estimate of drug-likeness (QED) is 0.304. The number of allylic oxidation sites excluding steroid dienone is 4. The van der Waals surface area contributed by atoms with Crippen molar-refractivity contribution in [3.63, 3.8) is 0 Å². The summed E-state index contributed by atoms with van der Waals surface area (Å²) in [6.07, 6.45) is 21.0. The van der Waals surface area contributed by atoms with E-state index < -0.39 is 0 Å². The Bertz CT molecular complexity index is 330. The van der Waals surface area contributed by atoms with E-state index in [9.17, 15) is 4.79 Å². The molecule has 1 aliphatic rings. The van der Waals surface area contributed by atoms with Crippen molar-refractivity contribution in [2.75, 3.05) is 7.11 Å². The molecule has 0 aromatic rings. The Kier molecular flexibility index (Phi) is 9.94. The van der Waals surface area contributed by atoms with Gasteiger partial charge in [0.1, 0.15) is 0 Å². The number of esters is 1. The molecule has 120 valence electrons. The molecule has 0 bridgehead atoms. The summed E-state index contributed by atoms with van der Waals surface area (Å²) in [6.45, 7) is 2.29. The lowest BCUT2D eigenvalue weighted by molar-refractivity contribution is -0.140. The molecule has 0 amide bonds. The molecule has 0 aliphatic heterocycles. The molecule has 1 rings (SSSR count). The van der Waals surface area contributed by atoms with Gasteiger partial charge in [-0.1, -0.05) is 50.5 Å². The third kappa shape index (κ3) is 8.08. The average Bonchev–Trinajstić information content (AvgIpc) is 2.51. The molecule has 0 aromatic carbocycles. The third-order valence-corrected chi connectivity index (χ3v) is 4.39. The number of unbranched alkanes of at least 4 members (excludes halogenated alkanes) is 4. The van der Waals surface area contributed by atoms with E-state index in [1.807, 2.05) is 0 Å². The van der Waals surface area contributed by atoms with Crippen LogP contribution in [-0.4, -0.2) is 13.1 Å². The second-order valence-corrected chi connectivity index (χ2v) is 6.11. The highest BCUT2D eigenvalue weighted by Crippen LogP contribution is 2.30. The van der Waals surface area contributed by atoms with Gasteiger partial charge in [0.25, 0.3) is 0 Å². The van der Waals surface area contributed by atoms with E-state index in [1.165, 1.54) is 52.1 Å². The van der Waals surface area contributed by atoms with Gasteiger partial charge in [-0.25, -0.2) is 0 Å². The molecule has 0 N–H and O–H groups in total. The van der Waals surface area contributed by atoms with E-state index in [-0.39, 0.29) is 5.97 Å². The van der Waals surface area contributed by atoms with Gasteiger partial charge in [-0.2, -0.15) is 0 Å². The van der Waals surface area contributed by atoms with Crippen LogP contribution in [0, 0.1) is 11.8 Å². The topological polar surface area (TPSA) is 26.3 Å². The zero-order valence-corrected chi connectivity index (χ0v) is 13.9. The maximum Gasteiger partial charge on any atom is 0.305 e. The van der Waals surface area contributed by atoms with Crippen LogP contribution in [0.4, 0.5) is 0 Å². The molecule has 0 heterocycles. The summed E-state index contributed by atoms with van der Waals surface area (Å²) in [5.41, 5.74) is 0. The van der Waals surface area contributed by atoms with Gasteiger partial charge in [0.05, 0.1) is 7.11 Å². The molecule has 2 unspecified atom stereocenters. The molecular weight excluding hydrogens is 260 g/mol. The van der Waals surface area contributed by atoms with Gasteiger partial charge in [0.15, 0.2) is 0 Å². The van der Waals surface area contributed by atoms with Gasteiger partial charge in [0.2, 0.25) is 0 Å². The van der Waals surface area contributed by atoms with Crippen LogP contribution in [-0.2, 0) is 9.53 Å². The van der Waals surface area contributed by atoms with Gasteiger partial charge in [-0.3, -0.25) is 4.79 Å². The molecule has 0 fully saturated rings. The van der Waals surface area contributed by atoms with E-state index in [0.29, 0.717) is 6.42 Å². The fraction of sp³-hybridized carbons (Fsp3) is 0.737. The zero-order chi connectivity index (χ0) is 15.3. The van der Waals surface area contributed by atoms with Gasteiger partial charge in [-0.05, 0) is 50.4 Å². The summed E-state index contributed by atoms with van der Waals surface area (Å²) in [5.74, 6) is 1.53. The molecule has 0 radical (unpaired) electrons. The molecule has 0 saturated heterocycles. The van der Waals surface area contributed by atoms with Crippen LogP contribution in [0.25, 0.3) is 0 Å². The van der Waals surface area contributed by atoms with Crippen LogP contribution in [0.1, 0.15) is 71.1 Å². The van der Waals surface area contributed by atoms with Crippen LogP contribution in [0.3, 0.4) is 0 Å². The number of ether oxygens (including phenoxy) is 1. The standard InChI is InChI=1S/C19H32O2/c1-3-12-17-14-10-11-15-18(17)13-8-6-4-5-7-9-16-19(20)21-2/h8,10-11,13,17-18H,3-7,9,12,14-16H2,1-2H3. The van der Waals surface area contributed by atoms with E-state index in [4.69, 9.17) is 0 Å². The first-order valence-corrected chi connectivity index (χ1v) is 8.66. The predicted molar refractivity (Wildman–Crippen MR) is 89.1 cm³/mol. The van der Waals surface area contributed by atoms with Crippen molar-refractivity contribution in [3.8, 4) is 0 Å². The number of rotatable bonds is 10. The van der Waals surface area contributed by atoms with Crippen LogP contribution >= 0.6 is 0 Å². The molecule has 1 aliphatic carbocycles. The van der Waals surface area contributed by atoms with Crippen LogP contribution in [0.2, 0.25) is 0 Å². The minimum atomic E-state index is -0.0813. The number of methoxy groups -OCH3 is 1. The summed E-state index contributed by atoms with van der Waals surface area (Å²) >= 11 is 0. The van der Waals surface area contributed by atoms with Gasteiger partial charge in [0, 0.05) is 6.42 Å². The Balaban J connectivity index is 2.08. The van der Waals surface area contributed by atoms with Crippen molar-refractivity contribution in [3.05, 3.63) is 24.3 Å². The van der Waals surface area contributed by atoms with Gasteiger partial charge >= 0.3 is 5.97 Å². The Morgan fingerprint density at radius 3 is 2.71 bits per heavy atom. The Morgan fingerprint density at radius 1 is 1.19 bits per heavy atom. The smallest absolute Gasteiger partial charge is 0.305 e. The number of hydrogen-bond donors (Lipinski definition) is 0. The van der Waals surface area contributed by atoms with Crippen molar-refractivity contribution in [2.45, 2.75) is 71.1 Å². The molecule has 0 saturated carbocycles. The maximum absolute atomic E-state index is 11.0. The minimum Gasteiger partial charge on any atom is -0.469 e. The summed E-state index contributed by atoms with van der Waals surface area (Å²) in [6, 6.07) is 0. The van der Waals surface area contributed by atoms with E-state index in [0.717, 1.165) is 24.7 Å². The largest absolute Gasteiger partial charge is 0.469 e. The molecule has 2 nitrogen and oxygen atoms in total. The molecular formula is C19H32O2. The van der Waals surface area contributed by atoms with E-state index >= 15 is 0 Å². The normalized spacial score (nSPS) is 21.8. The molecule has 0 aromatic heterocycles. The number of carbonyl (C=O) groups is 1. The maximum atomic E-state index is 11.0. The second kappa shape index (κ2) is 11.6. The number of hydrogen-bond acceptors (Lipinski definition) is 2. The van der Waals surface area contributed by atoms with Crippen molar-refractivity contribution in [2.24, 2.45) is 11.8 Å². The summed E-state index contributed by atoms with van der Waals surface area (Å²) < 4.78 is 4.64. The second-order valence-electron chi connectivity index (χ2n) is 6.11. The van der Waals surface area contributed by atoms with Crippen molar-refractivity contribution < 1.29 is 9.53 Å². The molecule has 0 spiro atoms. The Hall–Kier alpha value is -1.05. The Morgan fingerprint density at radius 2 is 1.95 bits per heavy atom. The molecule has 2 heteroatoms. The zero-order valence-electron chi connectivity index (χ0n) is 13.9. The number of carbonyl (C=O) groups excluding carboxylic acids is 1. The SMILES string of the molecule is CCCC1CC=CCC1C=CCCCCCCC(=O)OC. The monoisotopic (exact) mass is 292 g/mol. The molecule has 21 heavy (non-hydrogen) atoms. The first-order valence-electron chi connectivity index (χ1n) is 8.66. The van der Waals surface area contributed by atoms with Crippen molar-refractivity contribution >= 4 is 5.97 Å². The van der Waals surface area contributed by atoms with Crippen molar-refractivity contribution in [1.29, 1.82) is 0 Å². The van der Waals surface area contributed by atoms with Crippen LogP contribution in [0.5, 0.6) is 0 Å².